The molecule has 0 saturated carbocycles. The molecule has 0 radical (unpaired) electrons. The minimum absolute atomic E-state index is 0.141. The summed E-state index contributed by atoms with van der Waals surface area (Å²) < 4.78 is 5.96. The predicted molar refractivity (Wildman–Crippen MR) is 57.4 cm³/mol. The molecule has 2 atom stereocenters. The van der Waals surface area contributed by atoms with Crippen molar-refractivity contribution in [3.8, 4) is 0 Å². The number of carbonyl (C=O) groups is 1. The summed E-state index contributed by atoms with van der Waals surface area (Å²) in [5, 5.41) is 11.6. The Morgan fingerprint density at radius 3 is 2.87 bits per heavy atom. The third-order valence-corrected chi connectivity index (χ3v) is 3.03. The highest BCUT2D eigenvalue weighted by Crippen LogP contribution is 2.31. The molecule has 1 amide bonds. The molecule has 2 unspecified atom stereocenters. The number of hydrogen-bond acceptors (Lipinski definition) is 3. The number of carbonyl (C=O) groups excluding carboxylic acids is 1. The zero-order valence-electron chi connectivity index (χ0n) is 7.81. The molecule has 1 aromatic rings. The van der Waals surface area contributed by atoms with Gasteiger partial charge in [0.15, 0.2) is 6.10 Å². The number of cyclic esters (lactones) is 1. The lowest BCUT2D eigenvalue weighted by Crippen LogP contribution is -2.31. The summed E-state index contributed by atoms with van der Waals surface area (Å²) in [5.41, 5.74) is 0.856. The van der Waals surface area contributed by atoms with Gasteiger partial charge in [-0.2, -0.15) is 0 Å². The van der Waals surface area contributed by atoms with Gasteiger partial charge in [0.1, 0.15) is 0 Å². The molecule has 1 aromatic carbocycles. The van der Waals surface area contributed by atoms with E-state index in [4.69, 9.17) is 9.84 Å². The van der Waals surface area contributed by atoms with Crippen molar-refractivity contribution < 1.29 is 14.6 Å². The minimum atomic E-state index is -0.491. The highest BCUT2D eigenvalue weighted by molar-refractivity contribution is 9.10. The Morgan fingerprint density at radius 2 is 2.20 bits per heavy atom. The van der Waals surface area contributed by atoms with Crippen LogP contribution in [0, 0.1) is 0 Å². The molecule has 1 heterocycles. The van der Waals surface area contributed by atoms with Crippen LogP contribution in [-0.4, -0.2) is 23.8 Å². The van der Waals surface area contributed by atoms with Crippen molar-refractivity contribution in [2.75, 3.05) is 6.61 Å². The molecule has 0 spiro atoms. The maximum Gasteiger partial charge on any atom is 0.408 e. The number of alkyl carbamates (subject to hydrolysis) is 1. The number of amides is 1. The van der Waals surface area contributed by atoms with Gasteiger partial charge in [-0.15, -0.1) is 0 Å². The SMILES string of the molecule is O=C1NC(CO)C(c2ccccc2Br)O1. The van der Waals surface area contributed by atoms with Crippen LogP contribution in [0.15, 0.2) is 28.7 Å². The van der Waals surface area contributed by atoms with Gasteiger partial charge >= 0.3 is 6.09 Å². The van der Waals surface area contributed by atoms with Gasteiger partial charge in [0.2, 0.25) is 0 Å². The van der Waals surface area contributed by atoms with Crippen molar-refractivity contribution in [3.63, 3.8) is 0 Å². The average Bonchev–Trinajstić information content (AvgIpc) is 2.60. The largest absolute Gasteiger partial charge is 0.439 e. The second-order valence-corrected chi connectivity index (χ2v) is 4.14. The van der Waals surface area contributed by atoms with E-state index in [9.17, 15) is 4.79 Å². The minimum Gasteiger partial charge on any atom is -0.439 e. The Bertz CT molecular complexity index is 383. The zero-order chi connectivity index (χ0) is 10.8. The Morgan fingerprint density at radius 1 is 1.47 bits per heavy atom. The second kappa shape index (κ2) is 4.20. The fourth-order valence-corrected chi connectivity index (χ4v) is 2.10. The number of aliphatic hydroxyl groups is 1. The first-order valence-corrected chi connectivity index (χ1v) is 5.34. The molecule has 1 fully saturated rings. The van der Waals surface area contributed by atoms with Gasteiger partial charge in [0.05, 0.1) is 12.6 Å². The van der Waals surface area contributed by atoms with E-state index < -0.39 is 12.2 Å². The monoisotopic (exact) mass is 271 g/mol. The number of benzene rings is 1. The van der Waals surface area contributed by atoms with Gasteiger partial charge in [-0.25, -0.2) is 4.79 Å². The lowest BCUT2D eigenvalue weighted by Gasteiger charge is -2.16. The molecule has 0 bridgehead atoms. The molecule has 0 aliphatic carbocycles. The first kappa shape index (κ1) is 10.4. The van der Waals surface area contributed by atoms with E-state index in [0.29, 0.717) is 0 Å². The molecule has 2 rings (SSSR count). The van der Waals surface area contributed by atoms with Crippen LogP contribution in [-0.2, 0) is 4.74 Å². The van der Waals surface area contributed by atoms with Crippen molar-refractivity contribution in [1.29, 1.82) is 0 Å². The standard InChI is InChI=1S/C10H10BrNO3/c11-7-4-2-1-3-6(7)9-8(5-13)12-10(14)15-9/h1-4,8-9,13H,5H2,(H,12,14). The zero-order valence-corrected chi connectivity index (χ0v) is 9.40. The molecule has 2 N–H and O–H groups in total. The molecule has 5 heteroatoms. The number of hydrogen-bond donors (Lipinski definition) is 2. The van der Waals surface area contributed by atoms with E-state index in [1.54, 1.807) is 0 Å². The smallest absolute Gasteiger partial charge is 0.408 e. The number of nitrogens with one attached hydrogen (secondary N) is 1. The number of ether oxygens (including phenoxy) is 1. The molecular formula is C10H10BrNO3. The van der Waals surface area contributed by atoms with E-state index in [1.165, 1.54) is 0 Å². The summed E-state index contributed by atoms with van der Waals surface area (Å²) >= 11 is 3.38. The molecule has 1 aliphatic heterocycles. The first-order valence-electron chi connectivity index (χ1n) is 4.55. The normalized spacial score (nSPS) is 24.8. The third-order valence-electron chi connectivity index (χ3n) is 2.31. The Labute approximate surface area is 95.4 Å². The Hall–Kier alpha value is -1.07. The summed E-state index contributed by atoms with van der Waals surface area (Å²) in [6.07, 6.45) is -0.923. The van der Waals surface area contributed by atoms with Crippen molar-refractivity contribution in [1.82, 2.24) is 5.32 Å². The van der Waals surface area contributed by atoms with Gasteiger partial charge in [-0.05, 0) is 6.07 Å². The van der Waals surface area contributed by atoms with Crippen LogP contribution >= 0.6 is 15.9 Å². The second-order valence-electron chi connectivity index (χ2n) is 3.28. The fraction of sp³-hybridized carbons (Fsp3) is 0.300. The summed E-state index contributed by atoms with van der Waals surface area (Å²) in [5.74, 6) is 0. The summed E-state index contributed by atoms with van der Waals surface area (Å²) in [4.78, 5) is 11.0. The molecule has 4 nitrogen and oxygen atoms in total. The van der Waals surface area contributed by atoms with E-state index in [-0.39, 0.29) is 12.6 Å². The lowest BCUT2D eigenvalue weighted by molar-refractivity contribution is 0.119. The van der Waals surface area contributed by atoms with Crippen LogP contribution < -0.4 is 5.32 Å². The van der Waals surface area contributed by atoms with E-state index in [0.717, 1.165) is 10.0 Å². The summed E-state index contributed by atoms with van der Waals surface area (Å²) in [6.45, 7) is -0.141. The average molecular weight is 272 g/mol. The molecule has 1 saturated heterocycles. The number of rotatable bonds is 2. The van der Waals surface area contributed by atoms with Gasteiger partial charge in [0, 0.05) is 10.0 Å². The van der Waals surface area contributed by atoms with Crippen molar-refractivity contribution in [2.24, 2.45) is 0 Å². The molecule has 1 aliphatic rings. The topological polar surface area (TPSA) is 58.6 Å². The van der Waals surface area contributed by atoms with Crippen LogP contribution in [0.3, 0.4) is 0 Å². The van der Waals surface area contributed by atoms with E-state index in [1.807, 2.05) is 24.3 Å². The number of halogens is 1. The molecule has 15 heavy (non-hydrogen) atoms. The highest BCUT2D eigenvalue weighted by Gasteiger charge is 2.35. The third kappa shape index (κ3) is 1.98. The van der Waals surface area contributed by atoms with Crippen molar-refractivity contribution >= 4 is 22.0 Å². The lowest BCUT2D eigenvalue weighted by atomic mass is 10.0. The van der Waals surface area contributed by atoms with Crippen LogP contribution in [0.2, 0.25) is 0 Å². The fourth-order valence-electron chi connectivity index (χ4n) is 1.59. The van der Waals surface area contributed by atoms with Crippen LogP contribution in [0.25, 0.3) is 0 Å². The van der Waals surface area contributed by atoms with Gasteiger partial charge in [0.25, 0.3) is 0 Å². The predicted octanol–water partition coefficient (Wildman–Crippen LogP) is 1.59. The quantitative estimate of drug-likeness (QED) is 0.859. The summed E-state index contributed by atoms with van der Waals surface area (Å²) in [7, 11) is 0. The Balaban J connectivity index is 2.30. The maximum atomic E-state index is 11.0. The van der Waals surface area contributed by atoms with E-state index in [2.05, 4.69) is 21.2 Å². The number of aliphatic hydroxyl groups excluding tert-OH is 1. The van der Waals surface area contributed by atoms with Crippen molar-refractivity contribution in [2.45, 2.75) is 12.1 Å². The maximum absolute atomic E-state index is 11.0. The van der Waals surface area contributed by atoms with E-state index >= 15 is 0 Å². The molecule has 0 aromatic heterocycles. The van der Waals surface area contributed by atoms with Crippen LogP contribution in [0.5, 0.6) is 0 Å². The van der Waals surface area contributed by atoms with Crippen molar-refractivity contribution in [3.05, 3.63) is 34.3 Å². The summed E-state index contributed by atoms with van der Waals surface area (Å²) in [6, 6.07) is 7.09. The highest BCUT2D eigenvalue weighted by atomic mass is 79.9. The molecular weight excluding hydrogens is 262 g/mol. The van der Waals surface area contributed by atoms with Gasteiger partial charge in [-0.3, -0.25) is 0 Å². The molecule has 80 valence electrons. The van der Waals surface area contributed by atoms with Gasteiger partial charge in [-0.1, -0.05) is 34.1 Å². The van der Waals surface area contributed by atoms with Crippen LogP contribution in [0.4, 0.5) is 4.79 Å². The Kier molecular flexibility index (Phi) is 2.93. The van der Waals surface area contributed by atoms with Crippen LogP contribution in [0.1, 0.15) is 11.7 Å². The first-order chi connectivity index (χ1) is 7.22. The van der Waals surface area contributed by atoms with Gasteiger partial charge < -0.3 is 15.2 Å².